The number of nitrogens with zero attached hydrogens (tertiary/aromatic N) is 1. The Labute approximate surface area is 128 Å². The van der Waals surface area contributed by atoms with Gasteiger partial charge >= 0.3 is 0 Å². The largest absolute Gasteiger partial charge is 0.362 e. The fraction of sp³-hybridized carbons (Fsp3) is 0. The van der Waals surface area contributed by atoms with Gasteiger partial charge in [0.15, 0.2) is 5.78 Å². The van der Waals surface area contributed by atoms with Crippen LogP contribution in [0.5, 0.6) is 0 Å². The molecule has 22 heavy (non-hydrogen) atoms. The minimum absolute atomic E-state index is 0.174. The van der Waals surface area contributed by atoms with Crippen LogP contribution in [0.3, 0.4) is 0 Å². The van der Waals surface area contributed by atoms with Crippen LogP contribution in [0, 0.1) is 0 Å². The Morgan fingerprint density at radius 2 is 1.73 bits per heavy atom. The van der Waals surface area contributed by atoms with Gasteiger partial charge in [-0.1, -0.05) is 12.2 Å². The highest BCUT2D eigenvalue weighted by molar-refractivity contribution is 6.17. The molecule has 0 unspecified atom stereocenters. The molecule has 0 aromatic carbocycles. The van der Waals surface area contributed by atoms with Gasteiger partial charge in [0.25, 0.3) is 0 Å². The topological polar surface area (TPSA) is 49.4 Å². The Bertz CT molecular complexity index is 740. The third-order valence-corrected chi connectivity index (χ3v) is 3.25. The fourth-order valence-corrected chi connectivity index (χ4v) is 2.11. The molecule has 4 heteroatoms. The first-order chi connectivity index (χ1) is 10.7. The summed E-state index contributed by atoms with van der Waals surface area (Å²) in [5, 5.41) is 3.12. The molecule has 1 aliphatic carbocycles. The molecule has 2 aliphatic heterocycles. The lowest BCUT2D eigenvalue weighted by atomic mass is 10.1. The van der Waals surface area contributed by atoms with Gasteiger partial charge in [-0.05, 0) is 48.1 Å². The van der Waals surface area contributed by atoms with Gasteiger partial charge in [0.05, 0.1) is 5.70 Å². The molecule has 2 heterocycles. The van der Waals surface area contributed by atoms with E-state index in [2.05, 4.69) is 5.32 Å². The van der Waals surface area contributed by atoms with Gasteiger partial charge in [0.1, 0.15) is 0 Å². The number of nitrogens with one attached hydrogen (secondary N) is 1. The van der Waals surface area contributed by atoms with Crippen LogP contribution in [0.4, 0.5) is 0 Å². The number of carbonyl (C=O) groups is 2. The predicted molar refractivity (Wildman–Crippen MR) is 84.9 cm³/mol. The van der Waals surface area contributed by atoms with Crippen LogP contribution in [0.1, 0.15) is 0 Å². The maximum atomic E-state index is 11.8. The highest BCUT2D eigenvalue weighted by Crippen LogP contribution is 2.18. The third kappa shape index (κ3) is 3.12. The predicted octanol–water partition coefficient (Wildman–Crippen LogP) is 2.40. The monoisotopic (exact) mass is 290 g/mol. The van der Waals surface area contributed by atoms with Gasteiger partial charge in [-0.15, -0.1) is 0 Å². The molecule has 0 bridgehead atoms. The van der Waals surface area contributed by atoms with E-state index in [1.165, 1.54) is 18.2 Å². The number of hydrogen-bond donors (Lipinski definition) is 1. The molecular formula is C18H14N2O2. The Hall–Kier alpha value is -3.14. The van der Waals surface area contributed by atoms with Gasteiger partial charge in [-0.25, -0.2) is 0 Å². The molecule has 0 radical (unpaired) electrons. The van der Waals surface area contributed by atoms with Crippen molar-refractivity contribution in [3.63, 3.8) is 0 Å². The number of rotatable bonds is 2. The molecule has 1 N–H and O–H groups in total. The maximum Gasteiger partial charge on any atom is 0.202 e. The van der Waals surface area contributed by atoms with E-state index in [4.69, 9.17) is 0 Å². The summed E-state index contributed by atoms with van der Waals surface area (Å²) in [5.74, 6) is -0.350. The number of dihydropyridines is 1. The van der Waals surface area contributed by atoms with Crippen LogP contribution in [-0.4, -0.2) is 16.5 Å². The first-order valence-electron chi connectivity index (χ1n) is 6.87. The molecule has 3 rings (SSSR count). The summed E-state index contributed by atoms with van der Waals surface area (Å²) in [7, 11) is 0. The number of allylic oxidation sites excluding steroid dienone is 11. The van der Waals surface area contributed by atoms with E-state index in [0.717, 1.165) is 11.3 Å². The van der Waals surface area contributed by atoms with E-state index in [9.17, 15) is 9.59 Å². The van der Waals surface area contributed by atoms with E-state index in [0.29, 0.717) is 5.70 Å². The van der Waals surface area contributed by atoms with Crippen molar-refractivity contribution in [3.8, 4) is 0 Å². The molecule has 0 saturated carbocycles. The Balaban J connectivity index is 1.72. The maximum absolute atomic E-state index is 11.8. The van der Waals surface area contributed by atoms with Crippen LogP contribution in [0.25, 0.3) is 0 Å². The highest BCUT2D eigenvalue weighted by atomic mass is 16.1. The van der Waals surface area contributed by atoms with E-state index >= 15 is 0 Å². The molecule has 108 valence electrons. The minimum atomic E-state index is -0.175. The number of carbonyl (C=O) groups excluding carboxylic acids is 2. The van der Waals surface area contributed by atoms with E-state index in [-0.39, 0.29) is 11.6 Å². The summed E-state index contributed by atoms with van der Waals surface area (Å²) in [5.41, 5.74) is 2.36. The van der Waals surface area contributed by atoms with Crippen LogP contribution >= 0.6 is 0 Å². The van der Waals surface area contributed by atoms with Crippen molar-refractivity contribution in [3.05, 3.63) is 96.3 Å². The molecule has 0 fully saturated rings. The van der Waals surface area contributed by atoms with Crippen molar-refractivity contribution in [1.29, 1.82) is 0 Å². The Morgan fingerprint density at radius 1 is 0.909 bits per heavy atom. The molecule has 0 atom stereocenters. The zero-order valence-corrected chi connectivity index (χ0v) is 11.8. The van der Waals surface area contributed by atoms with Gasteiger partial charge in [-0.3, -0.25) is 9.59 Å². The highest BCUT2D eigenvalue weighted by Gasteiger charge is 2.17. The molecule has 0 aromatic heterocycles. The standard InChI is InChI=1S/C18H14N2O2/c21-16-6-7-18(22)17(13-16)20-11-8-14(9-12-20)4-5-15-3-1-2-10-19-15/h1-13,19H. The Morgan fingerprint density at radius 3 is 2.45 bits per heavy atom. The second kappa shape index (κ2) is 6.10. The molecule has 0 saturated heterocycles. The fourth-order valence-electron chi connectivity index (χ4n) is 2.11. The lowest BCUT2D eigenvalue weighted by Gasteiger charge is -2.21. The molecular weight excluding hydrogens is 276 g/mol. The lowest BCUT2D eigenvalue weighted by molar-refractivity contribution is -0.115. The first kappa shape index (κ1) is 13.8. The summed E-state index contributed by atoms with van der Waals surface area (Å²) >= 11 is 0. The second-order valence-electron chi connectivity index (χ2n) is 4.82. The average Bonchev–Trinajstić information content (AvgIpc) is 2.57. The normalized spacial score (nSPS) is 21.5. The van der Waals surface area contributed by atoms with Gasteiger partial charge < -0.3 is 10.2 Å². The van der Waals surface area contributed by atoms with Crippen LogP contribution in [0.2, 0.25) is 0 Å². The van der Waals surface area contributed by atoms with Crippen molar-refractivity contribution < 1.29 is 9.59 Å². The Kier molecular flexibility index (Phi) is 3.83. The second-order valence-corrected chi connectivity index (χ2v) is 4.82. The van der Waals surface area contributed by atoms with Gasteiger partial charge in [-0.2, -0.15) is 0 Å². The zero-order chi connectivity index (χ0) is 15.4. The SMILES string of the molecule is O=C1C=CC(=O)C(N2C=CC(=CC=C3C=CC=CN3)C=C2)=C1. The van der Waals surface area contributed by atoms with Crippen molar-refractivity contribution >= 4 is 11.6 Å². The van der Waals surface area contributed by atoms with Crippen LogP contribution < -0.4 is 5.32 Å². The van der Waals surface area contributed by atoms with Crippen LogP contribution in [0.15, 0.2) is 96.3 Å². The molecule has 0 spiro atoms. The van der Waals surface area contributed by atoms with Crippen molar-refractivity contribution in [2.75, 3.05) is 0 Å². The van der Waals surface area contributed by atoms with Gasteiger partial charge in [0, 0.05) is 30.4 Å². The third-order valence-electron chi connectivity index (χ3n) is 3.25. The number of ketones is 2. The smallest absolute Gasteiger partial charge is 0.202 e. The summed E-state index contributed by atoms with van der Waals surface area (Å²) in [6, 6.07) is 0. The summed E-state index contributed by atoms with van der Waals surface area (Å²) in [6.07, 6.45) is 22.9. The number of hydrogen-bond acceptors (Lipinski definition) is 4. The minimum Gasteiger partial charge on any atom is -0.362 e. The summed E-state index contributed by atoms with van der Waals surface area (Å²) in [6.45, 7) is 0. The van der Waals surface area contributed by atoms with E-state index < -0.39 is 0 Å². The van der Waals surface area contributed by atoms with Crippen molar-refractivity contribution in [2.24, 2.45) is 0 Å². The van der Waals surface area contributed by atoms with Gasteiger partial charge in [0.2, 0.25) is 5.78 Å². The molecule has 0 amide bonds. The van der Waals surface area contributed by atoms with E-state index in [1.54, 1.807) is 17.3 Å². The van der Waals surface area contributed by atoms with Crippen molar-refractivity contribution in [1.82, 2.24) is 10.2 Å². The van der Waals surface area contributed by atoms with Crippen LogP contribution in [-0.2, 0) is 9.59 Å². The summed E-state index contributed by atoms with van der Waals surface area (Å²) < 4.78 is 0. The lowest BCUT2D eigenvalue weighted by Crippen LogP contribution is -2.21. The zero-order valence-electron chi connectivity index (χ0n) is 11.8. The molecule has 0 aromatic rings. The summed E-state index contributed by atoms with van der Waals surface area (Å²) in [4.78, 5) is 24.8. The molecule has 3 aliphatic rings. The van der Waals surface area contributed by atoms with E-state index in [1.807, 2.05) is 48.7 Å². The quantitative estimate of drug-likeness (QED) is 0.793. The molecule has 4 nitrogen and oxygen atoms in total. The average molecular weight is 290 g/mol. The first-order valence-corrected chi connectivity index (χ1v) is 6.87. The van der Waals surface area contributed by atoms with Crippen molar-refractivity contribution in [2.45, 2.75) is 0 Å².